The minimum atomic E-state index is 0.671. The van der Waals surface area contributed by atoms with E-state index in [4.69, 9.17) is 0 Å². The third-order valence-electron chi connectivity index (χ3n) is 2.10. The maximum absolute atomic E-state index is 4.48. The Kier molecular flexibility index (Phi) is 1.99. The predicted octanol–water partition coefficient (Wildman–Crippen LogP) is 2.84. The molecule has 1 aliphatic rings. The fourth-order valence-corrected chi connectivity index (χ4v) is 2.53. The standard InChI is InChI=1S/C9H9N3S2/c1-2-6(1)11-9-12-8(4-14-9)7-3-13-5-10-7/h3-6H,1-2H2,(H,11,12). The van der Waals surface area contributed by atoms with Gasteiger partial charge in [-0.25, -0.2) is 9.97 Å². The molecule has 1 N–H and O–H groups in total. The van der Waals surface area contributed by atoms with Gasteiger partial charge in [0.2, 0.25) is 0 Å². The number of nitrogens with zero attached hydrogens (tertiary/aromatic N) is 2. The van der Waals surface area contributed by atoms with Crippen LogP contribution >= 0.6 is 22.7 Å². The molecule has 0 aromatic carbocycles. The molecule has 0 bridgehead atoms. The van der Waals surface area contributed by atoms with Crippen molar-refractivity contribution in [3.63, 3.8) is 0 Å². The molecular weight excluding hydrogens is 214 g/mol. The van der Waals surface area contributed by atoms with Crippen LogP contribution < -0.4 is 5.32 Å². The van der Waals surface area contributed by atoms with Gasteiger partial charge in [0.25, 0.3) is 0 Å². The average Bonchev–Trinajstić information content (AvgIpc) is 2.71. The summed E-state index contributed by atoms with van der Waals surface area (Å²) >= 11 is 3.26. The van der Waals surface area contributed by atoms with Crippen LogP contribution in [0.4, 0.5) is 5.13 Å². The Labute approximate surface area is 89.8 Å². The molecule has 0 aliphatic heterocycles. The first-order chi connectivity index (χ1) is 6.92. The topological polar surface area (TPSA) is 37.8 Å². The van der Waals surface area contributed by atoms with Gasteiger partial charge in [0, 0.05) is 16.8 Å². The maximum Gasteiger partial charge on any atom is 0.183 e. The number of hydrogen-bond acceptors (Lipinski definition) is 5. The summed E-state index contributed by atoms with van der Waals surface area (Å²) in [7, 11) is 0. The van der Waals surface area contributed by atoms with Gasteiger partial charge in [-0.1, -0.05) is 0 Å². The number of hydrogen-bond donors (Lipinski definition) is 1. The number of rotatable bonds is 3. The van der Waals surface area contributed by atoms with Crippen molar-refractivity contribution in [2.24, 2.45) is 0 Å². The molecule has 0 unspecified atom stereocenters. The lowest BCUT2D eigenvalue weighted by atomic mass is 10.4. The van der Waals surface area contributed by atoms with Crippen molar-refractivity contribution in [1.29, 1.82) is 0 Å². The van der Waals surface area contributed by atoms with Crippen molar-refractivity contribution < 1.29 is 0 Å². The molecule has 72 valence electrons. The summed E-state index contributed by atoms with van der Waals surface area (Å²) < 4.78 is 0. The van der Waals surface area contributed by atoms with Gasteiger partial charge in [-0.15, -0.1) is 22.7 Å². The minimum absolute atomic E-state index is 0.671. The fraction of sp³-hybridized carbons (Fsp3) is 0.333. The molecule has 1 aliphatic carbocycles. The summed E-state index contributed by atoms with van der Waals surface area (Å²) in [6.45, 7) is 0. The van der Waals surface area contributed by atoms with Gasteiger partial charge in [0.15, 0.2) is 5.13 Å². The van der Waals surface area contributed by atoms with E-state index in [1.807, 2.05) is 10.9 Å². The van der Waals surface area contributed by atoms with Crippen molar-refractivity contribution in [3.05, 3.63) is 16.3 Å². The van der Waals surface area contributed by atoms with Crippen LogP contribution in [0.25, 0.3) is 11.4 Å². The van der Waals surface area contributed by atoms with Gasteiger partial charge < -0.3 is 5.32 Å². The van der Waals surface area contributed by atoms with Crippen LogP contribution in [0.3, 0.4) is 0 Å². The Morgan fingerprint density at radius 3 is 2.93 bits per heavy atom. The molecule has 3 nitrogen and oxygen atoms in total. The third-order valence-corrected chi connectivity index (χ3v) is 3.46. The minimum Gasteiger partial charge on any atom is -0.359 e. The predicted molar refractivity (Wildman–Crippen MR) is 59.9 cm³/mol. The van der Waals surface area contributed by atoms with Crippen LogP contribution in [0.5, 0.6) is 0 Å². The Bertz CT molecular complexity index is 417. The first kappa shape index (κ1) is 8.38. The van der Waals surface area contributed by atoms with Crippen molar-refractivity contribution in [2.75, 3.05) is 5.32 Å². The zero-order valence-corrected chi connectivity index (χ0v) is 9.07. The lowest BCUT2D eigenvalue weighted by Crippen LogP contribution is -1.99. The molecule has 2 heterocycles. The SMILES string of the molecule is c1nc(-c2csc(NC3CC3)n2)cs1. The van der Waals surface area contributed by atoms with E-state index in [0.717, 1.165) is 16.5 Å². The second-order valence-electron chi connectivity index (χ2n) is 3.33. The number of nitrogens with one attached hydrogen (secondary N) is 1. The molecule has 1 saturated carbocycles. The van der Waals surface area contributed by atoms with Crippen LogP contribution in [-0.4, -0.2) is 16.0 Å². The highest BCUT2D eigenvalue weighted by Gasteiger charge is 2.22. The molecule has 5 heteroatoms. The average molecular weight is 223 g/mol. The van der Waals surface area contributed by atoms with Crippen LogP contribution in [0.1, 0.15) is 12.8 Å². The first-order valence-corrected chi connectivity index (χ1v) is 6.35. The van der Waals surface area contributed by atoms with E-state index in [1.165, 1.54) is 12.8 Å². The molecule has 3 rings (SSSR count). The molecule has 14 heavy (non-hydrogen) atoms. The van der Waals surface area contributed by atoms with Gasteiger partial charge in [0.1, 0.15) is 11.4 Å². The molecule has 0 radical (unpaired) electrons. The van der Waals surface area contributed by atoms with E-state index in [1.54, 1.807) is 22.7 Å². The van der Waals surface area contributed by atoms with E-state index in [9.17, 15) is 0 Å². The fourth-order valence-electron chi connectivity index (χ4n) is 1.20. The summed E-state index contributed by atoms with van der Waals surface area (Å²) in [6, 6.07) is 0.671. The van der Waals surface area contributed by atoms with E-state index >= 15 is 0 Å². The van der Waals surface area contributed by atoms with E-state index in [0.29, 0.717) is 6.04 Å². The van der Waals surface area contributed by atoms with Gasteiger partial charge in [-0.3, -0.25) is 0 Å². The summed E-state index contributed by atoms with van der Waals surface area (Å²) in [6.07, 6.45) is 2.57. The third kappa shape index (κ3) is 1.65. The van der Waals surface area contributed by atoms with Crippen LogP contribution in [-0.2, 0) is 0 Å². The summed E-state index contributed by atoms with van der Waals surface area (Å²) in [5.74, 6) is 0. The smallest absolute Gasteiger partial charge is 0.183 e. The maximum atomic E-state index is 4.48. The summed E-state index contributed by atoms with van der Waals surface area (Å²) in [5.41, 5.74) is 3.80. The molecule has 2 aromatic heterocycles. The Hall–Kier alpha value is -0.940. The molecular formula is C9H9N3S2. The summed E-state index contributed by atoms with van der Waals surface area (Å²) in [4.78, 5) is 8.71. The van der Waals surface area contributed by atoms with Crippen molar-refractivity contribution >= 4 is 27.8 Å². The molecule has 0 spiro atoms. The van der Waals surface area contributed by atoms with Crippen molar-refractivity contribution in [1.82, 2.24) is 9.97 Å². The van der Waals surface area contributed by atoms with Gasteiger partial charge in [0.05, 0.1) is 5.51 Å². The first-order valence-electron chi connectivity index (χ1n) is 4.52. The molecule has 1 fully saturated rings. The number of aromatic nitrogens is 2. The van der Waals surface area contributed by atoms with Crippen molar-refractivity contribution in [3.8, 4) is 11.4 Å². The van der Waals surface area contributed by atoms with Gasteiger partial charge in [-0.2, -0.15) is 0 Å². The molecule has 0 atom stereocenters. The number of anilines is 1. The normalized spacial score (nSPS) is 15.7. The lowest BCUT2D eigenvalue weighted by molar-refractivity contribution is 1.14. The van der Waals surface area contributed by atoms with E-state index in [-0.39, 0.29) is 0 Å². The van der Waals surface area contributed by atoms with Gasteiger partial charge >= 0.3 is 0 Å². The van der Waals surface area contributed by atoms with Crippen LogP contribution in [0.2, 0.25) is 0 Å². The quantitative estimate of drug-likeness (QED) is 0.869. The second kappa shape index (κ2) is 3.33. The van der Waals surface area contributed by atoms with Crippen LogP contribution in [0.15, 0.2) is 16.3 Å². The highest BCUT2D eigenvalue weighted by atomic mass is 32.1. The Balaban J connectivity index is 1.82. The Morgan fingerprint density at radius 1 is 1.29 bits per heavy atom. The lowest BCUT2D eigenvalue weighted by Gasteiger charge is -1.95. The molecule has 2 aromatic rings. The molecule has 0 saturated heterocycles. The van der Waals surface area contributed by atoms with Crippen LogP contribution in [0, 0.1) is 0 Å². The highest BCUT2D eigenvalue weighted by Crippen LogP contribution is 2.29. The van der Waals surface area contributed by atoms with Gasteiger partial charge in [-0.05, 0) is 12.8 Å². The van der Waals surface area contributed by atoms with E-state index < -0.39 is 0 Å². The summed E-state index contributed by atoms with van der Waals surface area (Å²) in [5, 5.41) is 8.48. The Morgan fingerprint density at radius 2 is 2.21 bits per heavy atom. The molecule has 0 amide bonds. The zero-order valence-electron chi connectivity index (χ0n) is 7.43. The zero-order chi connectivity index (χ0) is 9.38. The highest BCUT2D eigenvalue weighted by molar-refractivity contribution is 7.14. The largest absolute Gasteiger partial charge is 0.359 e. The van der Waals surface area contributed by atoms with Crippen molar-refractivity contribution in [2.45, 2.75) is 18.9 Å². The second-order valence-corrected chi connectivity index (χ2v) is 4.91. The van der Waals surface area contributed by atoms with E-state index in [2.05, 4.69) is 20.7 Å². The monoisotopic (exact) mass is 223 g/mol. The number of thiazole rings is 2.